The van der Waals surface area contributed by atoms with Crippen LogP contribution in [-0.2, 0) is 11.3 Å². The van der Waals surface area contributed by atoms with Gasteiger partial charge in [0.15, 0.2) is 0 Å². The van der Waals surface area contributed by atoms with Gasteiger partial charge in [-0.3, -0.25) is 9.48 Å². The number of fused-ring (bicyclic) bond motifs is 1. The van der Waals surface area contributed by atoms with Crippen LogP contribution in [0.2, 0.25) is 0 Å². The van der Waals surface area contributed by atoms with Crippen LogP contribution in [0.3, 0.4) is 0 Å². The molecule has 7 heteroatoms. The molecule has 0 saturated heterocycles. The standard InChI is InChI=1S/C17H21N3O4/c1-11(20-8-4-7-18-20)17(22)19-9-12-14(23-2)5-6-15(24-3)16(12)13(21)10-19/h4-8,11,13,21H,9-10H2,1-3H3. The summed E-state index contributed by atoms with van der Waals surface area (Å²) in [6, 6.07) is 4.89. The summed E-state index contributed by atoms with van der Waals surface area (Å²) in [5.74, 6) is 1.13. The Bertz CT molecular complexity index is 730. The molecular formula is C17H21N3O4. The maximum Gasteiger partial charge on any atom is 0.247 e. The topological polar surface area (TPSA) is 76.8 Å². The Balaban J connectivity index is 1.92. The number of amides is 1. The quantitative estimate of drug-likeness (QED) is 0.919. The lowest BCUT2D eigenvalue weighted by atomic mass is 9.94. The zero-order chi connectivity index (χ0) is 17.3. The Morgan fingerprint density at radius 3 is 2.67 bits per heavy atom. The molecule has 2 heterocycles. The van der Waals surface area contributed by atoms with Crippen molar-refractivity contribution >= 4 is 5.91 Å². The molecule has 2 atom stereocenters. The zero-order valence-corrected chi connectivity index (χ0v) is 14.0. The molecule has 128 valence electrons. The van der Waals surface area contributed by atoms with E-state index in [1.165, 1.54) is 0 Å². The number of aliphatic hydroxyl groups is 1. The van der Waals surface area contributed by atoms with E-state index in [2.05, 4.69) is 5.10 Å². The lowest BCUT2D eigenvalue weighted by Crippen LogP contribution is -2.41. The number of carbonyl (C=O) groups is 1. The Kier molecular flexibility index (Phi) is 4.44. The summed E-state index contributed by atoms with van der Waals surface area (Å²) < 4.78 is 12.4. The number of carbonyl (C=O) groups excluding carboxylic acids is 1. The minimum atomic E-state index is -0.826. The summed E-state index contributed by atoms with van der Waals surface area (Å²) in [5.41, 5.74) is 1.46. The van der Waals surface area contributed by atoms with Crippen LogP contribution in [0.15, 0.2) is 30.6 Å². The SMILES string of the molecule is COc1ccc(OC)c2c1CN(C(=O)C(C)n1cccn1)CC2O. The van der Waals surface area contributed by atoms with Crippen molar-refractivity contribution in [3.8, 4) is 11.5 Å². The van der Waals surface area contributed by atoms with Gasteiger partial charge in [0.25, 0.3) is 0 Å². The van der Waals surface area contributed by atoms with Gasteiger partial charge in [0.05, 0.1) is 20.8 Å². The molecule has 1 amide bonds. The second-order valence-electron chi connectivity index (χ2n) is 5.76. The molecule has 1 aromatic heterocycles. The van der Waals surface area contributed by atoms with Gasteiger partial charge in [-0.05, 0) is 25.1 Å². The number of ether oxygens (including phenoxy) is 2. The average molecular weight is 331 g/mol. The van der Waals surface area contributed by atoms with Crippen molar-refractivity contribution in [1.29, 1.82) is 0 Å². The average Bonchev–Trinajstić information content (AvgIpc) is 3.13. The van der Waals surface area contributed by atoms with Gasteiger partial charge in [0.2, 0.25) is 5.91 Å². The van der Waals surface area contributed by atoms with E-state index in [9.17, 15) is 9.90 Å². The monoisotopic (exact) mass is 331 g/mol. The third-order valence-corrected chi connectivity index (χ3v) is 4.38. The molecule has 0 saturated carbocycles. The smallest absolute Gasteiger partial charge is 0.247 e. The van der Waals surface area contributed by atoms with E-state index >= 15 is 0 Å². The summed E-state index contributed by atoms with van der Waals surface area (Å²) in [7, 11) is 3.13. The highest BCUT2D eigenvalue weighted by Crippen LogP contribution is 2.39. The van der Waals surface area contributed by atoms with Crippen molar-refractivity contribution in [3.63, 3.8) is 0 Å². The van der Waals surface area contributed by atoms with Gasteiger partial charge in [-0.25, -0.2) is 0 Å². The van der Waals surface area contributed by atoms with Gasteiger partial charge in [-0.2, -0.15) is 5.10 Å². The highest BCUT2D eigenvalue weighted by atomic mass is 16.5. The second kappa shape index (κ2) is 6.52. The summed E-state index contributed by atoms with van der Waals surface area (Å²) >= 11 is 0. The van der Waals surface area contributed by atoms with Crippen LogP contribution in [0.5, 0.6) is 11.5 Å². The molecule has 0 spiro atoms. The first kappa shape index (κ1) is 16.3. The molecule has 2 unspecified atom stereocenters. The molecule has 24 heavy (non-hydrogen) atoms. The van der Waals surface area contributed by atoms with E-state index in [0.29, 0.717) is 23.6 Å². The molecule has 1 aromatic carbocycles. The Morgan fingerprint density at radius 2 is 2.04 bits per heavy atom. The fourth-order valence-electron chi connectivity index (χ4n) is 3.13. The summed E-state index contributed by atoms with van der Waals surface area (Å²) in [6.45, 7) is 2.36. The van der Waals surface area contributed by atoms with Crippen LogP contribution in [0, 0.1) is 0 Å². The van der Waals surface area contributed by atoms with E-state index in [1.54, 1.807) is 61.3 Å². The fraction of sp³-hybridized carbons (Fsp3) is 0.412. The van der Waals surface area contributed by atoms with Crippen LogP contribution in [0.1, 0.15) is 30.2 Å². The molecule has 0 aliphatic carbocycles. The predicted molar refractivity (Wildman–Crippen MR) is 86.9 cm³/mol. The van der Waals surface area contributed by atoms with E-state index in [-0.39, 0.29) is 12.5 Å². The van der Waals surface area contributed by atoms with Crippen LogP contribution < -0.4 is 9.47 Å². The van der Waals surface area contributed by atoms with Crippen LogP contribution >= 0.6 is 0 Å². The first-order valence-corrected chi connectivity index (χ1v) is 7.76. The van der Waals surface area contributed by atoms with Crippen molar-refractivity contribution in [2.75, 3.05) is 20.8 Å². The molecule has 1 aliphatic heterocycles. The number of rotatable bonds is 4. The highest BCUT2D eigenvalue weighted by molar-refractivity contribution is 5.80. The van der Waals surface area contributed by atoms with Crippen molar-refractivity contribution in [1.82, 2.24) is 14.7 Å². The van der Waals surface area contributed by atoms with Crippen LogP contribution in [0.4, 0.5) is 0 Å². The van der Waals surface area contributed by atoms with Gasteiger partial charge in [-0.1, -0.05) is 0 Å². The third kappa shape index (κ3) is 2.71. The number of hydrogen-bond donors (Lipinski definition) is 1. The number of hydrogen-bond acceptors (Lipinski definition) is 5. The molecule has 0 radical (unpaired) electrons. The predicted octanol–water partition coefficient (Wildman–Crippen LogP) is 1.54. The third-order valence-electron chi connectivity index (χ3n) is 4.38. The summed E-state index contributed by atoms with van der Waals surface area (Å²) in [4.78, 5) is 14.4. The molecule has 0 fully saturated rings. The zero-order valence-electron chi connectivity index (χ0n) is 14.0. The van der Waals surface area contributed by atoms with Gasteiger partial charge in [-0.15, -0.1) is 0 Å². The van der Waals surface area contributed by atoms with Gasteiger partial charge < -0.3 is 19.5 Å². The Labute approximate surface area is 140 Å². The summed E-state index contributed by atoms with van der Waals surface area (Å²) in [6.07, 6.45) is 2.56. The van der Waals surface area contributed by atoms with Crippen LogP contribution in [-0.4, -0.2) is 46.5 Å². The maximum absolute atomic E-state index is 12.8. The number of β-amino-alcohol motifs (C(OH)–C–C–N with tert-alkyl or cyclic N) is 1. The minimum absolute atomic E-state index is 0.103. The Morgan fingerprint density at radius 1 is 1.33 bits per heavy atom. The van der Waals surface area contributed by atoms with E-state index in [1.807, 2.05) is 0 Å². The lowest BCUT2D eigenvalue weighted by molar-refractivity contribution is -0.137. The molecule has 1 aliphatic rings. The van der Waals surface area contributed by atoms with E-state index in [0.717, 1.165) is 5.56 Å². The molecule has 1 N–H and O–H groups in total. The maximum atomic E-state index is 12.8. The van der Waals surface area contributed by atoms with Crippen molar-refractivity contribution in [2.24, 2.45) is 0 Å². The number of methoxy groups -OCH3 is 2. The first-order valence-electron chi connectivity index (χ1n) is 7.76. The van der Waals surface area contributed by atoms with Crippen molar-refractivity contribution < 1.29 is 19.4 Å². The fourth-order valence-corrected chi connectivity index (χ4v) is 3.13. The first-order chi connectivity index (χ1) is 11.6. The number of benzene rings is 1. The minimum Gasteiger partial charge on any atom is -0.496 e. The van der Waals surface area contributed by atoms with Gasteiger partial charge in [0, 0.05) is 30.1 Å². The largest absolute Gasteiger partial charge is 0.496 e. The number of aromatic nitrogens is 2. The van der Waals surface area contributed by atoms with Crippen molar-refractivity contribution in [2.45, 2.75) is 25.6 Å². The molecule has 7 nitrogen and oxygen atoms in total. The van der Waals surface area contributed by atoms with Gasteiger partial charge in [0.1, 0.15) is 23.6 Å². The normalized spacial score (nSPS) is 18.0. The van der Waals surface area contributed by atoms with Crippen molar-refractivity contribution in [3.05, 3.63) is 41.7 Å². The highest BCUT2D eigenvalue weighted by Gasteiger charge is 2.33. The number of nitrogens with zero attached hydrogens (tertiary/aromatic N) is 3. The Hall–Kier alpha value is -2.54. The molecule has 3 rings (SSSR count). The molecule has 2 aromatic rings. The van der Waals surface area contributed by atoms with Gasteiger partial charge >= 0.3 is 0 Å². The van der Waals surface area contributed by atoms with E-state index < -0.39 is 12.1 Å². The molecular weight excluding hydrogens is 310 g/mol. The second-order valence-corrected chi connectivity index (χ2v) is 5.76. The van der Waals surface area contributed by atoms with Crippen LogP contribution in [0.25, 0.3) is 0 Å². The lowest BCUT2D eigenvalue weighted by Gasteiger charge is -2.35. The van der Waals surface area contributed by atoms with E-state index in [4.69, 9.17) is 9.47 Å². The number of aliphatic hydroxyl groups excluding tert-OH is 1. The molecule has 0 bridgehead atoms. The summed E-state index contributed by atoms with van der Waals surface area (Å²) in [5, 5.41) is 14.7.